The lowest BCUT2D eigenvalue weighted by molar-refractivity contribution is -0.130. The number of hydrogen-bond donors (Lipinski definition) is 1. The molecule has 2 aliphatic heterocycles. The van der Waals surface area contributed by atoms with Crippen LogP contribution in [0.2, 0.25) is 0 Å². The Kier molecular flexibility index (Phi) is 6.79. The van der Waals surface area contributed by atoms with E-state index in [1.54, 1.807) is 13.8 Å². The van der Waals surface area contributed by atoms with Gasteiger partial charge in [0.05, 0.1) is 23.7 Å². The van der Waals surface area contributed by atoms with Gasteiger partial charge in [-0.3, -0.25) is 4.79 Å². The molecule has 37 heavy (non-hydrogen) atoms. The van der Waals surface area contributed by atoms with Gasteiger partial charge in [-0.2, -0.15) is 0 Å². The van der Waals surface area contributed by atoms with Crippen LogP contribution in [-0.4, -0.2) is 40.5 Å². The van der Waals surface area contributed by atoms with E-state index in [9.17, 15) is 18.0 Å². The number of ether oxygens (including phenoxy) is 1. The normalized spacial score (nSPS) is 16.0. The zero-order chi connectivity index (χ0) is 26.3. The summed E-state index contributed by atoms with van der Waals surface area (Å²) in [6, 6.07) is 5.41. The molecule has 9 heteroatoms. The summed E-state index contributed by atoms with van der Waals surface area (Å²) in [5.41, 5.74) is 3.31. The van der Waals surface area contributed by atoms with Crippen molar-refractivity contribution in [2.75, 3.05) is 25.0 Å². The van der Waals surface area contributed by atoms with Gasteiger partial charge >= 0.3 is 0 Å². The van der Waals surface area contributed by atoms with Gasteiger partial charge in [0.15, 0.2) is 0 Å². The van der Waals surface area contributed by atoms with Gasteiger partial charge in [0.2, 0.25) is 5.91 Å². The van der Waals surface area contributed by atoms with Crippen LogP contribution in [-0.2, 0) is 11.2 Å². The lowest BCUT2D eigenvalue weighted by atomic mass is 9.93. The number of benzene rings is 2. The maximum Gasteiger partial charge on any atom is 0.266 e. The summed E-state index contributed by atoms with van der Waals surface area (Å²) in [7, 11) is 0. The van der Waals surface area contributed by atoms with E-state index >= 15 is 0 Å². The number of nitrogens with zero attached hydrogens (tertiary/aromatic N) is 3. The summed E-state index contributed by atoms with van der Waals surface area (Å²) in [5.74, 6) is 1.06. The largest absolute Gasteiger partial charge is 0.492 e. The molecule has 0 saturated heterocycles. The molecule has 3 aromatic rings. The zero-order valence-corrected chi connectivity index (χ0v) is 21.1. The molecule has 0 spiro atoms. The first-order valence-corrected chi connectivity index (χ1v) is 12.6. The van der Waals surface area contributed by atoms with Crippen molar-refractivity contribution >= 4 is 28.2 Å². The Morgan fingerprint density at radius 3 is 2.70 bits per heavy atom. The highest BCUT2D eigenvalue weighted by Crippen LogP contribution is 2.42. The average Bonchev–Trinajstić information content (AvgIpc) is 3.38. The average molecular weight is 511 g/mol. The number of aromatic nitrogens is 2. The summed E-state index contributed by atoms with van der Waals surface area (Å²) in [6.45, 7) is 7.09. The van der Waals surface area contributed by atoms with Crippen LogP contribution in [0, 0.1) is 12.7 Å². The van der Waals surface area contributed by atoms with Gasteiger partial charge in [-0.25, -0.2) is 23.1 Å². The van der Waals surface area contributed by atoms with E-state index in [1.165, 1.54) is 12.1 Å². The van der Waals surface area contributed by atoms with Gasteiger partial charge in [-0.1, -0.05) is 31.2 Å². The van der Waals surface area contributed by atoms with Gasteiger partial charge in [0, 0.05) is 48.0 Å². The number of carbonyl (C=O) groups is 1. The highest BCUT2D eigenvalue weighted by atomic mass is 19.3. The Balaban J connectivity index is 1.57. The minimum Gasteiger partial charge on any atom is -0.492 e. The number of fused-ring (bicyclic) bond motifs is 3. The van der Waals surface area contributed by atoms with Gasteiger partial charge in [0.25, 0.3) is 6.43 Å². The predicted octanol–water partition coefficient (Wildman–Crippen LogP) is 6.15. The lowest BCUT2D eigenvalue weighted by Gasteiger charge is -2.27. The molecule has 0 saturated carbocycles. The molecule has 2 aromatic carbocycles. The van der Waals surface area contributed by atoms with Crippen LogP contribution < -0.4 is 10.1 Å². The van der Waals surface area contributed by atoms with Crippen LogP contribution >= 0.6 is 0 Å². The quantitative estimate of drug-likeness (QED) is 0.431. The molecule has 3 heterocycles. The first-order chi connectivity index (χ1) is 17.8. The molecule has 5 rings (SSSR count). The van der Waals surface area contributed by atoms with E-state index in [1.807, 2.05) is 17.9 Å². The van der Waals surface area contributed by atoms with Crippen LogP contribution in [0.1, 0.15) is 67.2 Å². The molecule has 1 atom stereocenters. The first-order valence-electron chi connectivity index (χ1n) is 12.6. The molecule has 1 amide bonds. The topological polar surface area (TPSA) is 67.4 Å². The Labute approximate surface area is 213 Å². The molecule has 0 radical (unpaired) electrons. The number of hydrogen-bond acceptors (Lipinski definition) is 5. The molecule has 2 aliphatic rings. The van der Waals surface area contributed by atoms with Crippen molar-refractivity contribution < 1.29 is 22.7 Å². The first kappa shape index (κ1) is 25.0. The number of aryl methyl sites for hydroxylation is 1. The van der Waals surface area contributed by atoms with Gasteiger partial charge in [-0.15, -0.1) is 0 Å². The number of alkyl halides is 2. The third kappa shape index (κ3) is 4.63. The van der Waals surface area contributed by atoms with Crippen molar-refractivity contribution in [1.29, 1.82) is 0 Å². The van der Waals surface area contributed by atoms with Gasteiger partial charge in [-0.05, 0) is 31.9 Å². The highest BCUT2D eigenvalue weighted by Gasteiger charge is 2.27. The second-order valence-corrected chi connectivity index (χ2v) is 9.44. The van der Waals surface area contributed by atoms with Crippen molar-refractivity contribution in [1.82, 2.24) is 14.9 Å². The van der Waals surface area contributed by atoms with Crippen LogP contribution in [0.25, 0.3) is 16.5 Å². The number of halogens is 3. The lowest BCUT2D eigenvalue weighted by Crippen LogP contribution is -2.34. The molecule has 0 bridgehead atoms. The predicted molar refractivity (Wildman–Crippen MR) is 136 cm³/mol. The van der Waals surface area contributed by atoms with Crippen molar-refractivity contribution in [2.24, 2.45) is 0 Å². The van der Waals surface area contributed by atoms with E-state index in [4.69, 9.17) is 9.72 Å². The summed E-state index contributed by atoms with van der Waals surface area (Å²) >= 11 is 0. The van der Waals surface area contributed by atoms with Crippen molar-refractivity contribution in [3.05, 3.63) is 64.2 Å². The number of amides is 1. The number of anilines is 1. The molecule has 1 aromatic heterocycles. The molecule has 6 nitrogen and oxygen atoms in total. The van der Waals surface area contributed by atoms with Crippen molar-refractivity contribution in [3.8, 4) is 5.75 Å². The molecule has 0 aliphatic carbocycles. The van der Waals surface area contributed by atoms with Gasteiger partial charge < -0.3 is 15.0 Å². The summed E-state index contributed by atoms with van der Waals surface area (Å²) < 4.78 is 47.5. The van der Waals surface area contributed by atoms with Gasteiger partial charge in [0.1, 0.15) is 23.2 Å². The second-order valence-electron chi connectivity index (χ2n) is 9.44. The van der Waals surface area contributed by atoms with E-state index in [-0.39, 0.29) is 11.5 Å². The summed E-state index contributed by atoms with van der Waals surface area (Å²) in [4.78, 5) is 23.3. The van der Waals surface area contributed by atoms with Crippen molar-refractivity contribution in [3.63, 3.8) is 0 Å². The molecular formula is C28H29F3N4O2. The monoisotopic (exact) mass is 510 g/mol. The Bertz CT molecular complexity index is 1410. The Hall–Kier alpha value is -3.62. The molecule has 1 N–H and O–H groups in total. The number of rotatable bonds is 6. The van der Waals surface area contributed by atoms with Crippen LogP contribution in [0.5, 0.6) is 5.75 Å². The summed E-state index contributed by atoms with van der Waals surface area (Å²) in [6.07, 6.45) is 1.04. The highest BCUT2D eigenvalue weighted by molar-refractivity contribution is 5.97. The Morgan fingerprint density at radius 1 is 1.22 bits per heavy atom. The smallest absolute Gasteiger partial charge is 0.266 e. The fraction of sp³-hybridized carbons (Fsp3) is 0.393. The third-order valence-corrected chi connectivity index (χ3v) is 7.07. The molecule has 194 valence electrons. The maximum absolute atomic E-state index is 14.9. The number of nitrogens with one attached hydrogen (secondary N) is 1. The minimum absolute atomic E-state index is 0.128. The number of carbonyl (C=O) groups excluding carboxylic acids is 1. The SMILES string of the molecule is CCC(=O)N1CC=C(c2cc3c(NC(C)c4cccc(C(F)F)c4F)nc(C)nc3c3c2OCC3)CC1. The van der Waals surface area contributed by atoms with Crippen LogP contribution in [0.3, 0.4) is 0 Å². The Morgan fingerprint density at radius 2 is 2.00 bits per heavy atom. The van der Waals surface area contributed by atoms with E-state index in [2.05, 4.69) is 16.4 Å². The zero-order valence-electron chi connectivity index (χ0n) is 21.1. The minimum atomic E-state index is -2.90. The van der Waals surface area contributed by atoms with Crippen LogP contribution in [0.4, 0.5) is 19.0 Å². The second kappa shape index (κ2) is 10.0. The van der Waals surface area contributed by atoms with E-state index in [0.717, 1.165) is 39.4 Å². The molecular weight excluding hydrogens is 481 g/mol. The van der Waals surface area contributed by atoms with E-state index < -0.39 is 23.8 Å². The fourth-order valence-corrected chi connectivity index (χ4v) is 5.15. The summed E-state index contributed by atoms with van der Waals surface area (Å²) in [5, 5.41) is 4.01. The molecule has 0 fully saturated rings. The molecule has 1 unspecified atom stereocenters. The van der Waals surface area contributed by atoms with Crippen LogP contribution in [0.15, 0.2) is 30.3 Å². The van der Waals surface area contributed by atoms with E-state index in [0.29, 0.717) is 50.6 Å². The standard InChI is InChI=1S/C28H29F3N4O2/c1-4-23(36)35-11-8-17(9-12-35)21-14-22-25(20-10-13-37-26(20)21)33-16(3)34-28(22)32-15(2)18-6-5-7-19(24(18)29)27(30)31/h5-8,14-15,27H,4,9-13H2,1-3H3,(H,32,33,34). The van der Waals surface area contributed by atoms with Crippen molar-refractivity contribution in [2.45, 2.75) is 52.5 Å². The fourth-order valence-electron chi connectivity index (χ4n) is 5.15. The third-order valence-electron chi connectivity index (χ3n) is 7.07. The maximum atomic E-state index is 14.9.